The molecule has 2 aromatic carbocycles. The summed E-state index contributed by atoms with van der Waals surface area (Å²) in [5.74, 6) is -0.660. The standard InChI is InChI=1S/C22H22N2O5/c1-15(25)23(13-14-29-16(2)26)11-12-24-21(27)19-9-5-3-7-17(19)18-8-4-6-10-20(18)22(24)28/h3-10H,11-14H2,1-2H3. The van der Waals surface area contributed by atoms with Crippen LogP contribution in [0.25, 0.3) is 21.5 Å². The first kappa shape index (κ1) is 20.3. The summed E-state index contributed by atoms with van der Waals surface area (Å²) in [4.78, 5) is 50.6. The molecule has 0 aliphatic rings. The lowest BCUT2D eigenvalue weighted by Crippen LogP contribution is -2.39. The van der Waals surface area contributed by atoms with Crippen molar-refractivity contribution in [3.05, 3.63) is 69.2 Å². The largest absolute Gasteiger partial charge is 0.464 e. The second-order valence-corrected chi connectivity index (χ2v) is 6.70. The average molecular weight is 394 g/mol. The summed E-state index contributed by atoms with van der Waals surface area (Å²) in [6.07, 6.45) is 0. The quantitative estimate of drug-likeness (QED) is 0.597. The minimum absolute atomic E-state index is 0.0417. The van der Waals surface area contributed by atoms with Gasteiger partial charge in [-0.1, -0.05) is 36.4 Å². The predicted molar refractivity (Wildman–Crippen MR) is 111 cm³/mol. The fourth-order valence-corrected chi connectivity index (χ4v) is 3.34. The molecule has 7 heteroatoms. The molecule has 0 aliphatic carbocycles. The monoisotopic (exact) mass is 394 g/mol. The number of hydrogen-bond acceptors (Lipinski definition) is 5. The van der Waals surface area contributed by atoms with Crippen molar-refractivity contribution in [1.29, 1.82) is 0 Å². The topological polar surface area (TPSA) is 85.7 Å². The number of benzene rings is 2. The lowest BCUT2D eigenvalue weighted by Gasteiger charge is -2.20. The van der Waals surface area contributed by atoms with Gasteiger partial charge in [-0.05, 0) is 22.9 Å². The summed E-state index contributed by atoms with van der Waals surface area (Å²) >= 11 is 0. The van der Waals surface area contributed by atoms with Crippen LogP contribution >= 0.6 is 0 Å². The maximum Gasteiger partial charge on any atom is 0.302 e. The van der Waals surface area contributed by atoms with Crippen molar-refractivity contribution in [2.45, 2.75) is 20.4 Å². The molecule has 0 spiro atoms. The van der Waals surface area contributed by atoms with Crippen LogP contribution in [0, 0.1) is 0 Å². The van der Waals surface area contributed by atoms with Gasteiger partial charge in [0.2, 0.25) is 5.91 Å². The van der Waals surface area contributed by atoms with Gasteiger partial charge in [0, 0.05) is 37.7 Å². The zero-order valence-corrected chi connectivity index (χ0v) is 16.4. The minimum Gasteiger partial charge on any atom is -0.464 e. The van der Waals surface area contributed by atoms with E-state index in [9.17, 15) is 19.2 Å². The molecule has 0 unspecified atom stereocenters. The summed E-state index contributed by atoms with van der Waals surface area (Å²) in [5.41, 5.74) is -0.796. The molecule has 1 amide bonds. The highest BCUT2D eigenvalue weighted by Crippen LogP contribution is 2.19. The van der Waals surface area contributed by atoms with Crippen LogP contribution in [0.2, 0.25) is 0 Å². The molecule has 1 aromatic heterocycles. The number of hydrogen-bond donors (Lipinski definition) is 0. The summed E-state index contributed by atoms with van der Waals surface area (Å²) in [7, 11) is 0. The molecule has 1 heterocycles. The molecular formula is C22H22N2O5. The molecule has 0 saturated carbocycles. The van der Waals surface area contributed by atoms with Gasteiger partial charge >= 0.3 is 5.97 Å². The molecule has 0 saturated heterocycles. The second-order valence-electron chi connectivity index (χ2n) is 6.70. The number of aromatic nitrogens is 1. The van der Waals surface area contributed by atoms with Gasteiger partial charge < -0.3 is 9.64 Å². The number of esters is 1. The van der Waals surface area contributed by atoms with Crippen molar-refractivity contribution in [1.82, 2.24) is 9.47 Å². The number of carbonyl (C=O) groups is 2. The van der Waals surface area contributed by atoms with Crippen molar-refractivity contribution in [2.24, 2.45) is 0 Å². The molecule has 0 atom stereocenters. The van der Waals surface area contributed by atoms with E-state index < -0.39 is 17.1 Å². The summed E-state index contributed by atoms with van der Waals surface area (Å²) < 4.78 is 6.06. The Bertz CT molecular complexity index is 1130. The van der Waals surface area contributed by atoms with Gasteiger partial charge in [0.05, 0.1) is 6.54 Å². The minimum atomic E-state index is -0.431. The first-order chi connectivity index (χ1) is 13.9. The van der Waals surface area contributed by atoms with Gasteiger partial charge in [-0.25, -0.2) is 0 Å². The third-order valence-electron chi connectivity index (χ3n) is 4.80. The Labute approximate surface area is 167 Å². The number of nitrogens with zero attached hydrogens (tertiary/aromatic N) is 2. The highest BCUT2D eigenvalue weighted by atomic mass is 16.5. The number of rotatable bonds is 6. The van der Waals surface area contributed by atoms with Crippen molar-refractivity contribution in [2.75, 3.05) is 19.7 Å². The Kier molecular flexibility index (Phi) is 6.07. The summed E-state index contributed by atoms with van der Waals surface area (Å²) in [6, 6.07) is 14.2. The maximum absolute atomic E-state index is 13.1. The van der Waals surface area contributed by atoms with Gasteiger partial charge in [0.1, 0.15) is 6.61 Å². The zero-order chi connectivity index (χ0) is 21.0. The Balaban J connectivity index is 2.05. The van der Waals surface area contributed by atoms with E-state index in [1.165, 1.54) is 23.3 Å². The summed E-state index contributed by atoms with van der Waals surface area (Å²) in [6.45, 7) is 3.13. The van der Waals surface area contributed by atoms with Gasteiger partial charge in [-0.2, -0.15) is 0 Å². The fourth-order valence-electron chi connectivity index (χ4n) is 3.34. The van der Waals surface area contributed by atoms with Crippen LogP contribution in [0.3, 0.4) is 0 Å². The normalized spacial score (nSPS) is 10.8. The van der Waals surface area contributed by atoms with Gasteiger partial charge in [0.15, 0.2) is 0 Å². The second kappa shape index (κ2) is 8.68. The molecule has 0 N–H and O–H groups in total. The molecule has 0 radical (unpaired) electrons. The van der Waals surface area contributed by atoms with Crippen LogP contribution in [-0.4, -0.2) is 41.0 Å². The van der Waals surface area contributed by atoms with E-state index in [1.807, 2.05) is 24.3 Å². The zero-order valence-electron chi connectivity index (χ0n) is 16.4. The van der Waals surface area contributed by atoms with Crippen LogP contribution in [0.4, 0.5) is 0 Å². The van der Waals surface area contributed by atoms with E-state index in [-0.39, 0.29) is 32.1 Å². The third-order valence-corrected chi connectivity index (χ3v) is 4.80. The molecule has 7 nitrogen and oxygen atoms in total. The SMILES string of the molecule is CC(=O)OCCN(CCn1c(=O)c2ccccc2c2ccccc2c1=O)C(C)=O. The Morgan fingerprint density at radius 2 is 1.31 bits per heavy atom. The number of carbonyl (C=O) groups excluding carboxylic acids is 2. The molecule has 29 heavy (non-hydrogen) atoms. The van der Waals surface area contributed by atoms with Crippen molar-refractivity contribution in [3.8, 4) is 0 Å². The van der Waals surface area contributed by atoms with E-state index in [4.69, 9.17) is 4.74 Å². The van der Waals surface area contributed by atoms with Crippen LogP contribution < -0.4 is 11.1 Å². The predicted octanol–water partition coefficient (Wildman–Crippen LogP) is 1.93. The number of fused-ring (bicyclic) bond motifs is 3. The van der Waals surface area contributed by atoms with Crippen LogP contribution in [0.1, 0.15) is 13.8 Å². The van der Waals surface area contributed by atoms with E-state index in [0.717, 1.165) is 0 Å². The average Bonchev–Trinajstić information content (AvgIpc) is 2.79. The molecule has 0 bridgehead atoms. The Morgan fingerprint density at radius 1 is 0.828 bits per heavy atom. The van der Waals surface area contributed by atoms with Crippen molar-refractivity contribution < 1.29 is 14.3 Å². The van der Waals surface area contributed by atoms with E-state index in [0.29, 0.717) is 21.5 Å². The Hall–Kier alpha value is -3.48. The smallest absolute Gasteiger partial charge is 0.302 e. The lowest BCUT2D eigenvalue weighted by atomic mass is 10.1. The van der Waals surface area contributed by atoms with Crippen LogP contribution in [0.15, 0.2) is 58.1 Å². The lowest BCUT2D eigenvalue weighted by molar-refractivity contribution is -0.143. The first-order valence-corrected chi connectivity index (χ1v) is 9.33. The molecule has 3 rings (SSSR count). The molecule has 150 valence electrons. The first-order valence-electron chi connectivity index (χ1n) is 9.33. The van der Waals surface area contributed by atoms with Crippen LogP contribution in [0.5, 0.6) is 0 Å². The highest BCUT2D eigenvalue weighted by molar-refractivity contribution is 6.05. The third kappa shape index (κ3) is 4.34. The molecule has 3 aromatic rings. The molecular weight excluding hydrogens is 372 g/mol. The van der Waals surface area contributed by atoms with Gasteiger partial charge in [-0.3, -0.25) is 23.7 Å². The highest BCUT2D eigenvalue weighted by Gasteiger charge is 2.14. The summed E-state index contributed by atoms with van der Waals surface area (Å²) in [5, 5.41) is 2.31. The van der Waals surface area contributed by atoms with Gasteiger partial charge in [0.25, 0.3) is 11.1 Å². The fraction of sp³-hybridized carbons (Fsp3) is 0.273. The Morgan fingerprint density at radius 3 is 1.76 bits per heavy atom. The van der Waals surface area contributed by atoms with Crippen molar-refractivity contribution in [3.63, 3.8) is 0 Å². The number of amides is 1. The van der Waals surface area contributed by atoms with Crippen molar-refractivity contribution >= 4 is 33.4 Å². The van der Waals surface area contributed by atoms with Crippen LogP contribution in [-0.2, 0) is 20.9 Å². The molecule has 0 aliphatic heterocycles. The maximum atomic E-state index is 13.1. The van der Waals surface area contributed by atoms with Gasteiger partial charge in [-0.15, -0.1) is 0 Å². The van der Waals surface area contributed by atoms with E-state index in [1.54, 1.807) is 24.3 Å². The van der Waals surface area contributed by atoms with E-state index in [2.05, 4.69) is 0 Å². The number of ether oxygens (including phenoxy) is 1. The molecule has 0 fully saturated rings. The van der Waals surface area contributed by atoms with E-state index >= 15 is 0 Å².